The largest absolute Gasteiger partial charge is 0.361 e. The lowest BCUT2D eigenvalue weighted by atomic mass is 10.1. The minimum Gasteiger partial charge on any atom is -0.361 e. The first-order chi connectivity index (χ1) is 12.3. The highest BCUT2D eigenvalue weighted by Crippen LogP contribution is 2.17. The van der Waals surface area contributed by atoms with E-state index in [1.807, 2.05) is 66.9 Å². The summed E-state index contributed by atoms with van der Waals surface area (Å²) in [5.41, 5.74) is 3.79. The standard InChI is InChI=1S/C20H16N4O/c25-20(13-14-6-7-17-16(12-14)10-11-21-17)22-19-9-8-18(23-24-19)15-4-2-1-3-5-15/h1-12,21H,13H2,(H,22,24,25). The maximum atomic E-state index is 12.2. The molecule has 25 heavy (non-hydrogen) atoms. The highest BCUT2D eigenvalue weighted by atomic mass is 16.1. The molecule has 0 saturated heterocycles. The average Bonchev–Trinajstić information content (AvgIpc) is 3.11. The molecule has 0 spiro atoms. The van der Waals surface area contributed by atoms with E-state index in [0.717, 1.165) is 27.7 Å². The summed E-state index contributed by atoms with van der Waals surface area (Å²) in [5.74, 6) is 0.337. The zero-order chi connectivity index (χ0) is 17.1. The van der Waals surface area contributed by atoms with Gasteiger partial charge in [-0.15, -0.1) is 10.2 Å². The molecule has 0 fully saturated rings. The Hall–Kier alpha value is -3.47. The summed E-state index contributed by atoms with van der Waals surface area (Å²) in [6.07, 6.45) is 2.18. The molecule has 5 nitrogen and oxygen atoms in total. The number of nitrogens with one attached hydrogen (secondary N) is 2. The second kappa shape index (κ2) is 6.57. The van der Waals surface area contributed by atoms with Crippen molar-refractivity contribution in [1.82, 2.24) is 15.2 Å². The number of H-pyrrole nitrogens is 1. The second-order valence-corrected chi connectivity index (χ2v) is 5.79. The van der Waals surface area contributed by atoms with Crippen molar-refractivity contribution in [2.75, 3.05) is 5.32 Å². The molecule has 0 unspecified atom stereocenters. The topological polar surface area (TPSA) is 70.7 Å². The number of fused-ring (bicyclic) bond motifs is 1. The van der Waals surface area contributed by atoms with Crippen molar-refractivity contribution in [1.29, 1.82) is 0 Å². The third kappa shape index (κ3) is 3.40. The Morgan fingerprint density at radius 1 is 0.960 bits per heavy atom. The Kier molecular flexibility index (Phi) is 3.96. The Balaban J connectivity index is 1.43. The molecule has 2 N–H and O–H groups in total. The summed E-state index contributed by atoms with van der Waals surface area (Å²) in [7, 11) is 0. The fourth-order valence-electron chi connectivity index (χ4n) is 2.75. The number of amides is 1. The van der Waals surface area contributed by atoms with Gasteiger partial charge in [-0.3, -0.25) is 4.79 Å². The van der Waals surface area contributed by atoms with Crippen LogP contribution in [0.1, 0.15) is 5.56 Å². The Bertz CT molecular complexity index is 1010. The van der Waals surface area contributed by atoms with Gasteiger partial charge in [0.25, 0.3) is 0 Å². The fraction of sp³-hybridized carbons (Fsp3) is 0.0500. The van der Waals surface area contributed by atoms with Crippen molar-refractivity contribution in [2.24, 2.45) is 0 Å². The van der Waals surface area contributed by atoms with Crippen LogP contribution >= 0.6 is 0 Å². The van der Waals surface area contributed by atoms with E-state index in [2.05, 4.69) is 20.5 Å². The second-order valence-electron chi connectivity index (χ2n) is 5.79. The van der Waals surface area contributed by atoms with Gasteiger partial charge < -0.3 is 10.3 Å². The summed E-state index contributed by atoms with van der Waals surface area (Å²) in [5, 5.41) is 12.2. The number of rotatable bonds is 4. The van der Waals surface area contributed by atoms with Crippen LogP contribution in [0.3, 0.4) is 0 Å². The molecular formula is C20H16N4O. The molecule has 122 valence electrons. The van der Waals surface area contributed by atoms with E-state index >= 15 is 0 Å². The Morgan fingerprint density at radius 3 is 2.64 bits per heavy atom. The van der Waals surface area contributed by atoms with Crippen molar-refractivity contribution in [3.8, 4) is 11.3 Å². The fourth-order valence-corrected chi connectivity index (χ4v) is 2.75. The number of anilines is 1. The number of aromatic amines is 1. The lowest BCUT2D eigenvalue weighted by Gasteiger charge is -2.05. The number of nitrogens with zero attached hydrogens (tertiary/aromatic N) is 2. The normalized spacial score (nSPS) is 10.7. The third-order valence-corrected chi connectivity index (χ3v) is 3.98. The summed E-state index contributed by atoms with van der Waals surface area (Å²) < 4.78 is 0. The molecule has 0 aliphatic rings. The van der Waals surface area contributed by atoms with Crippen LogP contribution in [0.4, 0.5) is 5.82 Å². The van der Waals surface area contributed by atoms with Gasteiger partial charge in [-0.05, 0) is 41.3 Å². The van der Waals surface area contributed by atoms with E-state index in [1.54, 1.807) is 6.07 Å². The van der Waals surface area contributed by atoms with Crippen molar-refractivity contribution in [3.63, 3.8) is 0 Å². The van der Waals surface area contributed by atoms with Gasteiger partial charge >= 0.3 is 0 Å². The number of carbonyl (C=O) groups is 1. The van der Waals surface area contributed by atoms with E-state index in [1.165, 1.54) is 0 Å². The summed E-state index contributed by atoms with van der Waals surface area (Å²) in [4.78, 5) is 15.4. The molecule has 2 aromatic carbocycles. The molecule has 4 rings (SSSR count). The lowest BCUT2D eigenvalue weighted by molar-refractivity contribution is -0.115. The molecule has 0 bridgehead atoms. The minimum atomic E-state index is -0.114. The molecule has 2 heterocycles. The van der Waals surface area contributed by atoms with Crippen LogP contribution in [0, 0.1) is 0 Å². The van der Waals surface area contributed by atoms with Crippen LogP contribution in [0.25, 0.3) is 22.2 Å². The third-order valence-electron chi connectivity index (χ3n) is 3.98. The molecule has 0 radical (unpaired) electrons. The van der Waals surface area contributed by atoms with Gasteiger partial charge in [0.1, 0.15) is 0 Å². The van der Waals surface area contributed by atoms with E-state index < -0.39 is 0 Å². The first kappa shape index (κ1) is 15.1. The minimum absolute atomic E-state index is 0.114. The van der Waals surface area contributed by atoms with Crippen LogP contribution in [-0.2, 0) is 11.2 Å². The number of carbonyl (C=O) groups excluding carboxylic acids is 1. The molecule has 0 aliphatic carbocycles. The zero-order valence-corrected chi connectivity index (χ0v) is 13.4. The smallest absolute Gasteiger partial charge is 0.229 e. The number of hydrogen-bond acceptors (Lipinski definition) is 3. The van der Waals surface area contributed by atoms with Gasteiger partial charge in [0.05, 0.1) is 12.1 Å². The first-order valence-electron chi connectivity index (χ1n) is 8.03. The van der Waals surface area contributed by atoms with Gasteiger partial charge in [-0.25, -0.2) is 0 Å². The summed E-state index contributed by atoms with van der Waals surface area (Å²) >= 11 is 0. The lowest BCUT2D eigenvalue weighted by Crippen LogP contribution is -2.15. The van der Waals surface area contributed by atoms with E-state index in [4.69, 9.17) is 0 Å². The van der Waals surface area contributed by atoms with Crippen molar-refractivity contribution < 1.29 is 4.79 Å². The van der Waals surface area contributed by atoms with Gasteiger partial charge in [-0.2, -0.15) is 0 Å². The number of hydrogen-bond donors (Lipinski definition) is 2. The van der Waals surface area contributed by atoms with Crippen LogP contribution in [0.5, 0.6) is 0 Å². The molecular weight excluding hydrogens is 312 g/mol. The summed E-state index contributed by atoms with van der Waals surface area (Å²) in [6.45, 7) is 0. The Labute approximate surface area is 144 Å². The quantitative estimate of drug-likeness (QED) is 0.598. The number of aromatic nitrogens is 3. The molecule has 0 aliphatic heterocycles. The van der Waals surface area contributed by atoms with E-state index in [9.17, 15) is 4.79 Å². The van der Waals surface area contributed by atoms with E-state index in [0.29, 0.717) is 12.2 Å². The van der Waals surface area contributed by atoms with Gasteiger partial charge in [0.15, 0.2) is 5.82 Å². The van der Waals surface area contributed by atoms with E-state index in [-0.39, 0.29) is 5.91 Å². The predicted molar refractivity (Wildman–Crippen MR) is 98.1 cm³/mol. The molecule has 5 heteroatoms. The molecule has 1 amide bonds. The highest BCUT2D eigenvalue weighted by Gasteiger charge is 2.07. The van der Waals surface area contributed by atoms with Crippen molar-refractivity contribution in [3.05, 3.63) is 78.5 Å². The van der Waals surface area contributed by atoms with Crippen molar-refractivity contribution >= 4 is 22.6 Å². The number of benzene rings is 2. The molecule has 4 aromatic rings. The van der Waals surface area contributed by atoms with Crippen LogP contribution in [0.15, 0.2) is 72.9 Å². The van der Waals surface area contributed by atoms with Gasteiger partial charge in [0.2, 0.25) is 5.91 Å². The van der Waals surface area contributed by atoms with Crippen molar-refractivity contribution in [2.45, 2.75) is 6.42 Å². The predicted octanol–water partition coefficient (Wildman–Crippen LogP) is 3.81. The SMILES string of the molecule is O=C(Cc1ccc2[nH]ccc2c1)Nc1ccc(-c2ccccc2)nn1. The Morgan fingerprint density at radius 2 is 1.84 bits per heavy atom. The molecule has 0 atom stereocenters. The maximum absolute atomic E-state index is 12.2. The first-order valence-corrected chi connectivity index (χ1v) is 8.03. The van der Waals surface area contributed by atoms with Crippen LogP contribution in [-0.4, -0.2) is 21.1 Å². The highest BCUT2D eigenvalue weighted by molar-refractivity contribution is 5.92. The van der Waals surface area contributed by atoms with Crippen LogP contribution in [0.2, 0.25) is 0 Å². The summed E-state index contributed by atoms with van der Waals surface area (Å²) in [6, 6.07) is 21.3. The zero-order valence-electron chi connectivity index (χ0n) is 13.4. The van der Waals surface area contributed by atoms with Gasteiger partial charge in [0, 0.05) is 17.3 Å². The molecule has 0 saturated carbocycles. The van der Waals surface area contributed by atoms with Crippen LogP contribution < -0.4 is 5.32 Å². The monoisotopic (exact) mass is 328 g/mol. The van der Waals surface area contributed by atoms with Gasteiger partial charge in [-0.1, -0.05) is 36.4 Å². The maximum Gasteiger partial charge on any atom is 0.229 e. The average molecular weight is 328 g/mol. The molecule has 2 aromatic heterocycles.